The van der Waals surface area contributed by atoms with Crippen LogP contribution in [0.5, 0.6) is 0 Å². The highest BCUT2D eigenvalue weighted by atomic mass is 19.1. The van der Waals surface area contributed by atoms with Crippen LogP contribution in [0.3, 0.4) is 0 Å². The summed E-state index contributed by atoms with van der Waals surface area (Å²) < 4.78 is 17.8. The van der Waals surface area contributed by atoms with Crippen molar-refractivity contribution < 1.29 is 18.7 Å². The summed E-state index contributed by atoms with van der Waals surface area (Å²) in [6.45, 7) is 1.86. The number of hydrogen-bond acceptors (Lipinski definition) is 3. The van der Waals surface area contributed by atoms with E-state index in [2.05, 4.69) is 10.1 Å². The zero-order valence-electron chi connectivity index (χ0n) is 10.4. The third-order valence-electron chi connectivity index (χ3n) is 3.44. The molecule has 0 unspecified atom stereocenters. The van der Waals surface area contributed by atoms with E-state index < -0.39 is 6.17 Å². The maximum atomic E-state index is 13.1. The van der Waals surface area contributed by atoms with E-state index in [0.29, 0.717) is 32.2 Å². The molecule has 4 nitrogen and oxygen atoms in total. The highest BCUT2D eigenvalue weighted by molar-refractivity contribution is 5.73. The fraction of sp³-hybridized carbons (Fsp3) is 0.833. The molecule has 0 aromatic carbocycles. The molecule has 17 heavy (non-hydrogen) atoms. The molecule has 1 fully saturated rings. The van der Waals surface area contributed by atoms with E-state index in [0.717, 1.165) is 0 Å². The summed E-state index contributed by atoms with van der Waals surface area (Å²) >= 11 is 0. The molecule has 1 N–H and O–H groups in total. The maximum absolute atomic E-state index is 13.1. The van der Waals surface area contributed by atoms with E-state index >= 15 is 0 Å². The Bertz CT molecular complexity index is 285. The molecule has 98 valence electrons. The summed E-state index contributed by atoms with van der Waals surface area (Å²) in [6.07, 6.45) is 1.61. The summed E-state index contributed by atoms with van der Waals surface area (Å²) in [6, 6.07) is 0. The Labute approximate surface area is 101 Å². The third kappa shape index (κ3) is 4.32. The minimum absolute atomic E-state index is 0.128. The molecule has 0 heterocycles. The van der Waals surface area contributed by atoms with E-state index in [1.54, 1.807) is 0 Å². The molecule has 1 rings (SSSR count). The maximum Gasteiger partial charge on any atom is 0.306 e. The van der Waals surface area contributed by atoms with Crippen molar-refractivity contribution in [3.63, 3.8) is 0 Å². The van der Waals surface area contributed by atoms with E-state index in [-0.39, 0.29) is 23.7 Å². The molecule has 0 atom stereocenters. The Kier molecular flexibility index (Phi) is 4.90. The number of nitrogens with one attached hydrogen (secondary N) is 1. The standard InChI is InChI=1S/C12H20FNO3/c1-9(15)14-8-12(7-11(16)17-2)5-3-10(13)4-6-12/h10H,3-8H2,1-2H3,(H,14,15). The van der Waals surface area contributed by atoms with Crippen LogP contribution in [0.15, 0.2) is 0 Å². The van der Waals surface area contributed by atoms with E-state index in [9.17, 15) is 14.0 Å². The van der Waals surface area contributed by atoms with Crippen LogP contribution in [0.4, 0.5) is 4.39 Å². The van der Waals surface area contributed by atoms with Gasteiger partial charge in [-0.05, 0) is 31.1 Å². The lowest BCUT2D eigenvalue weighted by Gasteiger charge is -2.37. The van der Waals surface area contributed by atoms with Crippen molar-refractivity contribution in [3.8, 4) is 0 Å². The number of halogens is 1. The van der Waals surface area contributed by atoms with Crippen LogP contribution >= 0.6 is 0 Å². The van der Waals surface area contributed by atoms with Crippen LogP contribution in [-0.4, -0.2) is 31.7 Å². The van der Waals surface area contributed by atoms with Crippen molar-refractivity contribution in [1.82, 2.24) is 5.32 Å². The van der Waals surface area contributed by atoms with Gasteiger partial charge in [0.15, 0.2) is 0 Å². The number of rotatable bonds is 4. The van der Waals surface area contributed by atoms with E-state index in [1.165, 1.54) is 14.0 Å². The number of esters is 1. The molecule has 1 aliphatic carbocycles. The highest BCUT2D eigenvalue weighted by Crippen LogP contribution is 2.40. The molecule has 0 radical (unpaired) electrons. The monoisotopic (exact) mass is 245 g/mol. The summed E-state index contributed by atoms with van der Waals surface area (Å²) in [7, 11) is 1.34. The van der Waals surface area contributed by atoms with Crippen LogP contribution in [0.25, 0.3) is 0 Å². The molecule has 5 heteroatoms. The van der Waals surface area contributed by atoms with Crippen LogP contribution in [0.1, 0.15) is 39.0 Å². The first-order chi connectivity index (χ1) is 7.97. The predicted octanol–water partition coefficient (Wildman–Crippen LogP) is 1.58. The van der Waals surface area contributed by atoms with Gasteiger partial charge >= 0.3 is 5.97 Å². The largest absolute Gasteiger partial charge is 0.469 e. The molecular formula is C12H20FNO3. The van der Waals surface area contributed by atoms with E-state index in [4.69, 9.17) is 0 Å². The van der Waals surface area contributed by atoms with Gasteiger partial charge in [-0.25, -0.2) is 4.39 Å². The molecule has 0 bridgehead atoms. The Morgan fingerprint density at radius 1 is 1.41 bits per heavy atom. The minimum Gasteiger partial charge on any atom is -0.469 e. The van der Waals surface area contributed by atoms with Gasteiger partial charge in [-0.2, -0.15) is 0 Å². The lowest BCUT2D eigenvalue weighted by Crippen LogP contribution is -2.41. The lowest BCUT2D eigenvalue weighted by atomic mass is 9.71. The Morgan fingerprint density at radius 3 is 2.47 bits per heavy atom. The number of hydrogen-bond donors (Lipinski definition) is 1. The van der Waals surface area contributed by atoms with Crippen LogP contribution in [0.2, 0.25) is 0 Å². The second-order valence-corrected chi connectivity index (χ2v) is 4.84. The molecule has 1 aliphatic rings. The first-order valence-corrected chi connectivity index (χ1v) is 5.93. The van der Waals surface area contributed by atoms with Crippen molar-refractivity contribution >= 4 is 11.9 Å². The van der Waals surface area contributed by atoms with Crippen LogP contribution in [-0.2, 0) is 14.3 Å². The summed E-state index contributed by atoms with van der Waals surface area (Å²) in [5.74, 6) is -0.427. The van der Waals surface area contributed by atoms with Gasteiger partial charge in [0.25, 0.3) is 0 Å². The number of carbonyl (C=O) groups excluding carboxylic acids is 2. The quantitative estimate of drug-likeness (QED) is 0.765. The second-order valence-electron chi connectivity index (χ2n) is 4.84. The molecular weight excluding hydrogens is 225 g/mol. The van der Waals surface area contributed by atoms with Gasteiger partial charge in [0, 0.05) is 13.5 Å². The molecule has 1 amide bonds. The number of ether oxygens (including phenoxy) is 1. The van der Waals surface area contributed by atoms with Gasteiger partial charge in [0.1, 0.15) is 6.17 Å². The molecule has 0 spiro atoms. The van der Waals surface area contributed by atoms with Crippen molar-refractivity contribution in [1.29, 1.82) is 0 Å². The third-order valence-corrected chi connectivity index (χ3v) is 3.44. The minimum atomic E-state index is -0.780. The lowest BCUT2D eigenvalue weighted by molar-refractivity contribution is -0.144. The number of amides is 1. The summed E-state index contributed by atoms with van der Waals surface area (Å²) in [4.78, 5) is 22.3. The van der Waals surface area contributed by atoms with Gasteiger partial charge < -0.3 is 10.1 Å². The zero-order valence-corrected chi connectivity index (χ0v) is 10.4. The number of methoxy groups -OCH3 is 1. The van der Waals surface area contributed by atoms with Gasteiger partial charge in [0.05, 0.1) is 13.5 Å². The molecule has 0 saturated heterocycles. The number of alkyl halides is 1. The van der Waals surface area contributed by atoms with Crippen molar-refractivity contribution in [3.05, 3.63) is 0 Å². The SMILES string of the molecule is COC(=O)CC1(CNC(C)=O)CCC(F)CC1. The molecule has 1 saturated carbocycles. The van der Waals surface area contributed by atoms with Gasteiger partial charge in [-0.15, -0.1) is 0 Å². The predicted molar refractivity (Wildman–Crippen MR) is 61.1 cm³/mol. The van der Waals surface area contributed by atoms with Gasteiger partial charge in [0.2, 0.25) is 5.91 Å². The summed E-state index contributed by atoms with van der Waals surface area (Å²) in [5, 5.41) is 2.73. The molecule has 0 aromatic heterocycles. The fourth-order valence-electron chi connectivity index (χ4n) is 2.30. The Balaban J connectivity index is 2.63. The summed E-state index contributed by atoms with van der Waals surface area (Å²) in [5.41, 5.74) is -0.332. The average molecular weight is 245 g/mol. The fourth-order valence-corrected chi connectivity index (χ4v) is 2.30. The van der Waals surface area contributed by atoms with E-state index in [1.807, 2.05) is 0 Å². The Hall–Kier alpha value is -1.13. The number of carbonyl (C=O) groups is 2. The van der Waals surface area contributed by atoms with Gasteiger partial charge in [-0.3, -0.25) is 9.59 Å². The molecule has 0 aliphatic heterocycles. The first-order valence-electron chi connectivity index (χ1n) is 5.93. The van der Waals surface area contributed by atoms with Crippen molar-refractivity contribution in [2.24, 2.45) is 5.41 Å². The van der Waals surface area contributed by atoms with Crippen LogP contribution < -0.4 is 5.32 Å². The zero-order chi connectivity index (χ0) is 12.9. The van der Waals surface area contributed by atoms with Crippen molar-refractivity contribution in [2.45, 2.75) is 45.2 Å². The average Bonchev–Trinajstić information content (AvgIpc) is 2.30. The van der Waals surface area contributed by atoms with Gasteiger partial charge in [-0.1, -0.05) is 0 Å². The highest BCUT2D eigenvalue weighted by Gasteiger charge is 2.37. The second kappa shape index (κ2) is 5.98. The smallest absolute Gasteiger partial charge is 0.306 e. The topological polar surface area (TPSA) is 55.4 Å². The van der Waals surface area contributed by atoms with Crippen molar-refractivity contribution in [2.75, 3.05) is 13.7 Å². The first kappa shape index (κ1) is 13.9. The van der Waals surface area contributed by atoms with Crippen LogP contribution in [0, 0.1) is 5.41 Å². The Morgan fingerprint density at radius 2 is 2.00 bits per heavy atom. The molecule has 0 aromatic rings. The normalized spacial score (nSPS) is 28.5.